The molecular formula is C46H44N8O8. The maximum absolute atomic E-state index is 13.6. The van der Waals surface area contributed by atoms with Gasteiger partial charge in [-0.05, 0) is 60.9 Å². The van der Waals surface area contributed by atoms with E-state index in [9.17, 15) is 28.8 Å². The van der Waals surface area contributed by atoms with Gasteiger partial charge in [0.2, 0.25) is 17.7 Å². The van der Waals surface area contributed by atoms with Gasteiger partial charge in [0.1, 0.15) is 17.6 Å². The lowest BCUT2D eigenvalue weighted by molar-refractivity contribution is -0.136. The third kappa shape index (κ3) is 7.02. The summed E-state index contributed by atoms with van der Waals surface area (Å²) in [5, 5.41) is 4.15. The number of hydrogen-bond acceptors (Lipinski definition) is 11. The van der Waals surface area contributed by atoms with Crippen molar-refractivity contribution in [1.82, 2.24) is 39.5 Å². The number of aromatic nitrogens is 4. The second kappa shape index (κ2) is 16.0. The van der Waals surface area contributed by atoms with Crippen molar-refractivity contribution >= 4 is 46.2 Å². The first-order valence-corrected chi connectivity index (χ1v) is 21.2. The van der Waals surface area contributed by atoms with E-state index in [1.807, 2.05) is 35.4 Å². The average molecular weight is 837 g/mol. The number of benzene rings is 2. The number of likely N-dealkylation sites (tertiary alicyclic amines) is 1. The van der Waals surface area contributed by atoms with Gasteiger partial charge < -0.3 is 23.8 Å². The number of amides is 6. The quantitative estimate of drug-likeness (QED) is 0.220. The van der Waals surface area contributed by atoms with E-state index >= 15 is 0 Å². The van der Waals surface area contributed by atoms with Crippen molar-refractivity contribution in [2.45, 2.75) is 76.8 Å². The van der Waals surface area contributed by atoms with Gasteiger partial charge >= 0.3 is 0 Å². The van der Waals surface area contributed by atoms with Crippen molar-refractivity contribution < 1.29 is 38.2 Å². The van der Waals surface area contributed by atoms with E-state index in [4.69, 9.17) is 19.4 Å². The van der Waals surface area contributed by atoms with E-state index < -0.39 is 29.7 Å². The summed E-state index contributed by atoms with van der Waals surface area (Å²) in [6, 6.07) is 15.6. The van der Waals surface area contributed by atoms with Gasteiger partial charge in [0, 0.05) is 87.6 Å². The van der Waals surface area contributed by atoms with E-state index in [0.29, 0.717) is 75.2 Å². The molecule has 3 aromatic heterocycles. The Morgan fingerprint density at radius 3 is 2.48 bits per heavy atom. The van der Waals surface area contributed by atoms with Gasteiger partial charge in [-0.1, -0.05) is 30.3 Å². The van der Waals surface area contributed by atoms with Crippen molar-refractivity contribution in [2.24, 2.45) is 0 Å². The fourth-order valence-electron chi connectivity index (χ4n) is 9.48. The predicted molar refractivity (Wildman–Crippen MR) is 222 cm³/mol. The summed E-state index contributed by atoms with van der Waals surface area (Å²) in [4.78, 5) is 96.2. The minimum absolute atomic E-state index is 0.0332. The molecule has 5 aromatic rings. The summed E-state index contributed by atoms with van der Waals surface area (Å²) < 4.78 is 14.2. The number of nitrogens with zero attached hydrogens (tertiary/aromatic N) is 7. The van der Waals surface area contributed by atoms with Crippen LogP contribution in [0.5, 0.6) is 0 Å². The number of carbonyl (C=O) groups excluding carboxylic acids is 6. The first kappa shape index (κ1) is 39.5. The molecule has 0 saturated carbocycles. The molecule has 1 N–H and O–H groups in total. The molecule has 1 unspecified atom stereocenters. The number of fused-ring (bicyclic) bond motifs is 3. The number of piperidine rings is 1. The van der Waals surface area contributed by atoms with Crippen LogP contribution in [0.1, 0.15) is 93.2 Å². The van der Waals surface area contributed by atoms with E-state index in [0.717, 1.165) is 56.9 Å². The highest BCUT2D eigenvalue weighted by Gasteiger charge is 2.45. The van der Waals surface area contributed by atoms with E-state index in [2.05, 4.69) is 20.9 Å². The van der Waals surface area contributed by atoms with Crippen LogP contribution >= 0.6 is 0 Å². The molecule has 0 aliphatic carbocycles. The molecule has 6 amide bonds. The van der Waals surface area contributed by atoms with Crippen LogP contribution in [0, 0.1) is 0 Å². The molecular weight excluding hydrogens is 793 g/mol. The van der Waals surface area contributed by atoms with Crippen molar-refractivity contribution in [3.8, 4) is 22.5 Å². The summed E-state index contributed by atoms with van der Waals surface area (Å²) >= 11 is 0. The van der Waals surface area contributed by atoms with Crippen molar-refractivity contribution in [3.63, 3.8) is 0 Å². The van der Waals surface area contributed by atoms with Crippen LogP contribution in [0.3, 0.4) is 0 Å². The summed E-state index contributed by atoms with van der Waals surface area (Å²) in [5.41, 5.74) is 5.54. The predicted octanol–water partition coefficient (Wildman–Crippen LogP) is 4.25. The van der Waals surface area contributed by atoms with E-state index in [1.54, 1.807) is 42.3 Å². The Morgan fingerprint density at radius 2 is 1.69 bits per heavy atom. The Kier molecular flexibility index (Phi) is 10.2. The Hall–Kier alpha value is -6.65. The molecule has 0 bridgehead atoms. The Labute approximate surface area is 356 Å². The average Bonchev–Trinajstić information content (AvgIpc) is 4.00. The molecule has 16 nitrogen and oxygen atoms in total. The molecule has 2 aromatic carbocycles. The molecule has 5 aliphatic rings. The highest BCUT2D eigenvalue weighted by atomic mass is 16.5. The summed E-state index contributed by atoms with van der Waals surface area (Å²) in [5.74, 6) is -1.08. The fraction of sp³-hybridized carbons (Fsp3) is 0.370. The number of ether oxygens (including phenoxy) is 2. The fourth-order valence-corrected chi connectivity index (χ4v) is 9.48. The Morgan fingerprint density at radius 1 is 0.871 bits per heavy atom. The van der Waals surface area contributed by atoms with Gasteiger partial charge in [-0.25, -0.2) is 4.98 Å². The third-order valence-corrected chi connectivity index (χ3v) is 12.8. The normalized spacial score (nSPS) is 20.5. The topological polar surface area (TPSA) is 186 Å². The number of nitrogens with one attached hydrogen (secondary N) is 1. The molecule has 3 saturated heterocycles. The molecule has 2 atom stereocenters. The monoisotopic (exact) mass is 836 g/mol. The molecule has 0 spiro atoms. The minimum atomic E-state index is -1.05. The molecule has 62 heavy (non-hydrogen) atoms. The first-order chi connectivity index (χ1) is 30.1. The van der Waals surface area contributed by atoms with Gasteiger partial charge in [-0.3, -0.25) is 49.0 Å². The molecule has 16 heteroatoms. The van der Waals surface area contributed by atoms with Crippen LogP contribution in [0.15, 0.2) is 67.0 Å². The molecule has 3 fully saturated rings. The van der Waals surface area contributed by atoms with Crippen molar-refractivity contribution in [1.29, 1.82) is 0 Å². The number of pyridine rings is 2. The number of hydrogen-bond donors (Lipinski definition) is 1. The van der Waals surface area contributed by atoms with Crippen molar-refractivity contribution in [3.05, 3.63) is 101 Å². The third-order valence-electron chi connectivity index (χ3n) is 12.8. The lowest BCUT2D eigenvalue weighted by atomic mass is 9.99. The molecule has 316 valence electrons. The summed E-state index contributed by atoms with van der Waals surface area (Å²) in [6.45, 7) is 5.72. The van der Waals surface area contributed by atoms with Gasteiger partial charge in [-0.15, -0.1) is 0 Å². The van der Waals surface area contributed by atoms with Gasteiger partial charge in [0.05, 0.1) is 47.5 Å². The maximum Gasteiger partial charge on any atom is 0.272 e. The zero-order valence-electron chi connectivity index (χ0n) is 34.2. The highest BCUT2D eigenvalue weighted by molar-refractivity contribution is 6.24. The van der Waals surface area contributed by atoms with Crippen LogP contribution < -0.4 is 5.32 Å². The Balaban J connectivity index is 0.813. The summed E-state index contributed by atoms with van der Waals surface area (Å²) in [6.07, 6.45) is 5.73. The van der Waals surface area contributed by atoms with Crippen LogP contribution in [-0.4, -0.2) is 115 Å². The van der Waals surface area contributed by atoms with Crippen LogP contribution in [0.4, 0.5) is 0 Å². The smallest absolute Gasteiger partial charge is 0.272 e. The minimum Gasteiger partial charge on any atom is -0.381 e. The standard InChI is InChI=1S/C46H44N8O8/c1-26(55)51-16-17-53-38(24-51)41(50-42(53)27-13-18-61-19-14-27)32-6-2-4-28-20-36(48-22-34(28)32)29-8-9-35(47-21-29)45(59)52-15-12-31(23-52)62-25-30-5-3-7-33-40(30)46(60)54(44(33)58)37-10-11-39(56)49-43(37)57/h2-9,20-22,27,31,37H,10-19,23-25H2,1H3,(H,49,56,57)/t31-,37?/m1/s1. The number of imidazole rings is 1. The molecule has 8 heterocycles. The van der Waals surface area contributed by atoms with Gasteiger partial charge in [0.15, 0.2) is 0 Å². The lowest BCUT2D eigenvalue weighted by Gasteiger charge is -2.30. The zero-order valence-corrected chi connectivity index (χ0v) is 34.2. The summed E-state index contributed by atoms with van der Waals surface area (Å²) in [7, 11) is 0. The highest BCUT2D eigenvalue weighted by Crippen LogP contribution is 2.38. The largest absolute Gasteiger partial charge is 0.381 e. The van der Waals surface area contributed by atoms with Crippen LogP contribution in [-0.2, 0) is 43.6 Å². The van der Waals surface area contributed by atoms with Crippen LogP contribution in [0.2, 0.25) is 0 Å². The molecule has 10 rings (SSSR count). The SMILES string of the molecule is CC(=O)N1CCn2c(C3CCOCC3)nc(-c3cccc4cc(-c5ccc(C(=O)N6CC[C@@H](OCc7cccc8c7C(=O)N(C7CCC(=O)NC7=O)C8=O)C6)nc5)ncc34)c2C1. The van der Waals surface area contributed by atoms with Crippen molar-refractivity contribution in [2.75, 3.05) is 32.8 Å². The molecule has 5 aliphatic heterocycles. The zero-order chi connectivity index (χ0) is 42.6. The lowest BCUT2D eigenvalue weighted by Crippen LogP contribution is -2.54. The molecule has 0 radical (unpaired) electrons. The number of imide groups is 2. The van der Waals surface area contributed by atoms with E-state index in [1.165, 1.54) is 0 Å². The number of rotatable bonds is 8. The second-order valence-corrected chi connectivity index (χ2v) is 16.5. The first-order valence-electron chi connectivity index (χ1n) is 21.2. The number of carbonyl (C=O) groups is 6. The van der Waals surface area contributed by atoms with Gasteiger partial charge in [0.25, 0.3) is 17.7 Å². The van der Waals surface area contributed by atoms with E-state index in [-0.39, 0.29) is 48.5 Å². The van der Waals surface area contributed by atoms with Crippen LogP contribution in [0.25, 0.3) is 33.3 Å². The maximum atomic E-state index is 13.6. The Bertz CT molecular complexity index is 2690. The van der Waals surface area contributed by atoms with Gasteiger partial charge in [-0.2, -0.15) is 0 Å². The second-order valence-electron chi connectivity index (χ2n) is 16.5.